The van der Waals surface area contributed by atoms with Gasteiger partial charge in [0.25, 0.3) is 0 Å². The van der Waals surface area contributed by atoms with E-state index in [9.17, 15) is 0 Å². The van der Waals surface area contributed by atoms with E-state index in [2.05, 4.69) is 34.5 Å². The second kappa shape index (κ2) is 9.20. The molecule has 0 spiro atoms. The fraction of sp³-hybridized carbons (Fsp3) is 0.533. The minimum atomic E-state index is 0.743. The molecule has 1 aromatic carbocycles. The number of aliphatic imine (C=N–C) groups is 1. The van der Waals surface area contributed by atoms with Crippen LogP contribution in [0.4, 0.5) is 0 Å². The molecule has 0 saturated heterocycles. The van der Waals surface area contributed by atoms with E-state index in [4.69, 9.17) is 4.74 Å². The zero-order valence-electron chi connectivity index (χ0n) is 12.9. The third-order valence-electron chi connectivity index (χ3n) is 3.17. The van der Waals surface area contributed by atoms with Gasteiger partial charge in [-0.05, 0) is 31.3 Å². The first-order chi connectivity index (χ1) is 9.69. The molecule has 1 rings (SSSR count). The summed E-state index contributed by atoms with van der Waals surface area (Å²) in [5.41, 5.74) is 1.19. The smallest absolute Gasteiger partial charge is 0.191 e. The van der Waals surface area contributed by atoms with Gasteiger partial charge in [0.15, 0.2) is 5.96 Å². The molecule has 0 fully saturated rings. The summed E-state index contributed by atoms with van der Waals surface area (Å²) in [6.07, 6.45) is 0. The van der Waals surface area contributed by atoms with E-state index in [1.54, 1.807) is 14.2 Å². The Labute approximate surface area is 122 Å². The van der Waals surface area contributed by atoms with E-state index in [1.807, 2.05) is 24.3 Å². The van der Waals surface area contributed by atoms with Crippen LogP contribution in [-0.2, 0) is 6.54 Å². The number of guanidine groups is 1. The first-order valence-electron chi connectivity index (χ1n) is 6.95. The van der Waals surface area contributed by atoms with Crippen molar-refractivity contribution in [2.45, 2.75) is 13.5 Å². The first kappa shape index (κ1) is 16.3. The van der Waals surface area contributed by atoms with Crippen molar-refractivity contribution < 1.29 is 4.74 Å². The first-order valence-corrected chi connectivity index (χ1v) is 6.95. The Kier molecular flexibility index (Phi) is 7.50. The molecule has 0 aliphatic carbocycles. The fourth-order valence-corrected chi connectivity index (χ4v) is 1.67. The number of nitrogens with zero attached hydrogens (tertiary/aromatic N) is 2. The van der Waals surface area contributed by atoms with Crippen LogP contribution in [0.5, 0.6) is 5.75 Å². The molecular weight excluding hydrogens is 252 g/mol. The summed E-state index contributed by atoms with van der Waals surface area (Å²) in [7, 11) is 5.56. The average Bonchev–Trinajstić information content (AvgIpc) is 2.50. The van der Waals surface area contributed by atoms with Gasteiger partial charge in [-0.25, -0.2) is 0 Å². The molecule has 0 heterocycles. The number of methoxy groups -OCH3 is 1. The zero-order chi connectivity index (χ0) is 14.8. The molecule has 5 heteroatoms. The Morgan fingerprint density at radius 3 is 2.50 bits per heavy atom. The van der Waals surface area contributed by atoms with Crippen molar-refractivity contribution in [2.75, 3.05) is 40.8 Å². The molecule has 1 aromatic rings. The molecule has 0 saturated carbocycles. The highest BCUT2D eigenvalue weighted by Crippen LogP contribution is 2.10. The van der Waals surface area contributed by atoms with Crippen LogP contribution in [0.3, 0.4) is 0 Å². The van der Waals surface area contributed by atoms with Gasteiger partial charge < -0.3 is 20.3 Å². The number of hydrogen-bond donors (Lipinski definition) is 2. The zero-order valence-corrected chi connectivity index (χ0v) is 12.9. The predicted octanol–water partition coefficient (Wildman–Crippen LogP) is 1.31. The number of rotatable bonds is 7. The van der Waals surface area contributed by atoms with E-state index in [0.717, 1.165) is 37.9 Å². The highest BCUT2D eigenvalue weighted by Gasteiger charge is 1.99. The lowest BCUT2D eigenvalue weighted by Crippen LogP contribution is -2.40. The molecule has 0 radical (unpaired) electrons. The Morgan fingerprint density at radius 1 is 1.25 bits per heavy atom. The number of nitrogens with one attached hydrogen (secondary N) is 2. The summed E-state index contributed by atoms with van der Waals surface area (Å²) in [5, 5.41) is 6.59. The molecule has 0 atom stereocenters. The van der Waals surface area contributed by atoms with E-state index >= 15 is 0 Å². The molecule has 0 aliphatic heterocycles. The topological polar surface area (TPSA) is 48.9 Å². The number of ether oxygens (including phenoxy) is 1. The molecule has 0 aliphatic rings. The molecule has 20 heavy (non-hydrogen) atoms. The summed E-state index contributed by atoms with van der Waals surface area (Å²) >= 11 is 0. The monoisotopic (exact) mass is 278 g/mol. The summed E-state index contributed by atoms with van der Waals surface area (Å²) in [6, 6.07) is 8.01. The summed E-state index contributed by atoms with van der Waals surface area (Å²) < 4.78 is 5.14. The third kappa shape index (κ3) is 5.93. The Morgan fingerprint density at radius 2 is 1.95 bits per heavy atom. The number of likely N-dealkylation sites (N-methyl/N-ethyl adjacent to an activating group) is 1. The molecule has 0 bridgehead atoms. The normalized spacial score (nSPS) is 11.6. The third-order valence-corrected chi connectivity index (χ3v) is 3.17. The minimum absolute atomic E-state index is 0.743. The molecule has 2 N–H and O–H groups in total. The summed E-state index contributed by atoms with van der Waals surface area (Å²) in [5.74, 6) is 1.70. The van der Waals surface area contributed by atoms with Crippen molar-refractivity contribution in [3.05, 3.63) is 29.8 Å². The van der Waals surface area contributed by atoms with Crippen molar-refractivity contribution in [2.24, 2.45) is 4.99 Å². The lowest BCUT2D eigenvalue weighted by molar-refractivity contribution is 0.357. The number of hydrogen-bond acceptors (Lipinski definition) is 3. The van der Waals surface area contributed by atoms with Gasteiger partial charge in [-0.2, -0.15) is 0 Å². The van der Waals surface area contributed by atoms with Crippen molar-refractivity contribution in [1.29, 1.82) is 0 Å². The van der Waals surface area contributed by atoms with E-state index in [1.165, 1.54) is 5.56 Å². The maximum absolute atomic E-state index is 5.14. The van der Waals surface area contributed by atoms with Crippen molar-refractivity contribution in [3.8, 4) is 5.75 Å². The van der Waals surface area contributed by atoms with E-state index in [-0.39, 0.29) is 0 Å². The Hall–Kier alpha value is -1.75. The second-order valence-corrected chi connectivity index (χ2v) is 4.60. The van der Waals surface area contributed by atoms with Crippen LogP contribution >= 0.6 is 0 Å². The van der Waals surface area contributed by atoms with Gasteiger partial charge in [-0.1, -0.05) is 19.1 Å². The van der Waals surface area contributed by atoms with Gasteiger partial charge in [0.2, 0.25) is 0 Å². The largest absolute Gasteiger partial charge is 0.497 e. The summed E-state index contributed by atoms with van der Waals surface area (Å²) in [6.45, 7) is 5.83. The van der Waals surface area contributed by atoms with Crippen molar-refractivity contribution >= 4 is 5.96 Å². The lowest BCUT2D eigenvalue weighted by atomic mass is 10.2. The fourth-order valence-electron chi connectivity index (χ4n) is 1.67. The van der Waals surface area contributed by atoms with Gasteiger partial charge in [-0.15, -0.1) is 0 Å². The highest BCUT2D eigenvalue weighted by molar-refractivity contribution is 5.79. The van der Waals surface area contributed by atoms with E-state index < -0.39 is 0 Å². The van der Waals surface area contributed by atoms with Crippen LogP contribution in [-0.4, -0.2) is 51.7 Å². The lowest BCUT2D eigenvalue weighted by Gasteiger charge is -2.16. The quantitative estimate of drug-likeness (QED) is 0.583. The maximum Gasteiger partial charge on any atom is 0.191 e. The second-order valence-electron chi connectivity index (χ2n) is 4.60. The SMILES string of the molecule is CCN(C)CCNC(=NC)NCc1ccc(OC)cc1. The Bertz CT molecular complexity index is 403. The predicted molar refractivity (Wildman–Crippen MR) is 84.4 cm³/mol. The van der Waals surface area contributed by atoms with Crippen LogP contribution in [0.15, 0.2) is 29.3 Å². The van der Waals surface area contributed by atoms with Gasteiger partial charge in [-0.3, -0.25) is 4.99 Å². The van der Waals surface area contributed by atoms with Crippen molar-refractivity contribution in [3.63, 3.8) is 0 Å². The standard InChI is InChI=1S/C15H26N4O/c1-5-19(3)11-10-17-15(16-2)18-12-13-6-8-14(20-4)9-7-13/h6-9H,5,10-12H2,1-4H3,(H2,16,17,18). The van der Waals surface area contributed by atoms with Crippen LogP contribution in [0, 0.1) is 0 Å². The van der Waals surface area contributed by atoms with Crippen LogP contribution in [0.25, 0.3) is 0 Å². The van der Waals surface area contributed by atoms with E-state index in [0.29, 0.717) is 0 Å². The Balaban J connectivity index is 2.33. The van der Waals surface area contributed by atoms with Crippen LogP contribution in [0.1, 0.15) is 12.5 Å². The summed E-state index contributed by atoms with van der Waals surface area (Å²) in [4.78, 5) is 6.46. The maximum atomic E-state index is 5.14. The van der Waals surface area contributed by atoms with Gasteiger partial charge in [0.05, 0.1) is 7.11 Å². The molecule has 0 aromatic heterocycles. The molecular formula is C15H26N4O. The number of benzene rings is 1. The molecule has 0 unspecified atom stereocenters. The molecule has 5 nitrogen and oxygen atoms in total. The van der Waals surface area contributed by atoms with Gasteiger partial charge >= 0.3 is 0 Å². The molecule has 112 valence electrons. The average molecular weight is 278 g/mol. The minimum Gasteiger partial charge on any atom is -0.497 e. The van der Waals surface area contributed by atoms with Gasteiger partial charge in [0.1, 0.15) is 5.75 Å². The van der Waals surface area contributed by atoms with Gasteiger partial charge in [0, 0.05) is 26.7 Å². The highest BCUT2D eigenvalue weighted by atomic mass is 16.5. The van der Waals surface area contributed by atoms with Crippen molar-refractivity contribution in [1.82, 2.24) is 15.5 Å². The van der Waals surface area contributed by atoms with Crippen LogP contribution in [0.2, 0.25) is 0 Å². The van der Waals surface area contributed by atoms with Crippen LogP contribution < -0.4 is 15.4 Å². The molecule has 0 amide bonds.